The molecule has 59 heavy (non-hydrogen) atoms. The second kappa shape index (κ2) is 14.4. The van der Waals surface area contributed by atoms with Gasteiger partial charge in [-0.25, -0.2) is 31.0 Å². The van der Waals surface area contributed by atoms with E-state index in [1.54, 1.807) is 0 Å². The van der Waals surface area contributed by atoms with Gasteiger partial charge in [-0.05, 0) is 67.5 Å². The van der Waals surface area contributed by atoms with E-state index in [-0.39, 0.29) is 60.9 Å². The second-order valence-corrected chi connectivity index (χ2v) is 16.6. The predicted molar refractivity (Wildman–Crippen MR) is 194 cm³/mol. The molecule has 2 aromatic carbocycles. The van der Waals surface area contributed by atoms with Crippen molar-refractivity contribution in [1.29, 1.82) is 0 Å². The highest BCUT2D eigenvalue weighted by Crippen LogP contribution is 2.68. The van der Waals surface area contributed by atoms with Gasteiger partial charge in [-0.3, -0.25) is 18.9 Å². The Morgan fingerprint density at radius 1 is 1.08 bits per heavy atom. The molecule has 7 rings (SSSR count). The SMILES string of the molecule is Cn1nc(NS(C)(=O)=O)c2c(Cl)ccc(-c3ccc(C#CC(C)(O)C(F)F)nc3[C@H](Cc3cc(F)cc(F)c3)NC(=O)Cn3nc(C(F)(F)F)c4c3C(F)(F)[C@@H]3C[C@H]43)c21. The number of amides is 1. The van der Waals surface area contributed by atoms with Gasteiger partial charge in [0.25, 0.3) is 12.3 Å². The first-order valence-corrected chi connectivity index (χ1v) is 19.6. The molecule has 1 amide bonds. The molecular formula is C37H29ClF9N7O4S. The summed E-state index contributed by atoms with van der Waals surface area (Å²) in [7, 11) is -2.48. The minimum Gasteiger partial charge on any atom is -0.372 e. The summed E-state index contributed by atoms with van der Waals surface area (Å²) < 4.78 is 157. The highest BCUT2D eigenvalue weighted by atomic mass is 35.5. The molecule has 3 N–H and O–H groups in total. The molecule has 1 unspecified atom stereocenters. The van der Waals surface area contributed by atoms with E-state index in [1.807, 2.05) is 5.92 Å². The molecule has 0 bridgehead atoms. The van der Waals surface area contributed by atoms with Crippen LogP contribution in [-0.4, -0.2) is 62.3 Å². The quantitative estimate of drug-likeness (QED) is 0.103. The van der Waals surface area contributed by atoms with Crippen molar-refractivity contribution in [3.63, 3.8) is 0 Å². The molecule has 5 aromatic rings. The molecule has 0 spiro atoms. The lowest BCUT2D eigenvalue weighted by atomic mass is 9.93. The Kier molecular flexibility index (Phi) is 10.2. The molecule has 0 aliphatic heterocycles. The van der Waals surface area contributed by atoms with Crippen LogP contribution in [0.5, 0.6) is 0 Å². The van der Waals surface area contributed by atoms with Crippen LogP contribution in [0, 0.1) is 29.4 Å². The molecule has 3 aromatic heterocycles. The zero-order valence-electron chi connectivity index (χ0n) is 30.6. The number of alkyl halides is 7. The van der Waals surface area contributed by atoms with E-state index >= 15 is 8.78 Å². The maximum atomic E-state index is 15.4. The third-order valence-corrected chi connectivity index (χ3v) is 10.7. The Labute approximate surface area is 333 Å². The van der Waals surface area contributed by atoms with E-state index in [0.29, 0.717) is 6.07 Å². The standard InChI is InChI=1S/C37H29ClF9N7O4S/c1-35(56,34(41)42)9-8-19-4-5-20(21-6-7-24(38)28-30(21)53(2)51-33(28)52-59(3,57)58)29(48-19)25(12-16-10-17(39)13-18(40)11-16)49-26(55)15-54-32-27(31(50-54)37(45,46)47)22-14-23(22)36(32,43)44/h4-7,10-11,13,22-23,25,34,56H,12,14-15H2,1-3H3,(H,49,55)(H,51,52)/t22-,23+,25-,35?/m0/s1. The smallest absolute Gasteiger partial charge is 0.372 e. The van der Waals surface area contributed by atoms with E-state index in [2.05, 4.69) is 31.1 Å². The summed E-state index contributed by atoms with van der Waals surface area (Å²) >= 11 is 6.52. The maximum Gasteiger partial charge on any atom is 0.435 e. The molecule has 1 saturated carbocycles. The van der Waals surface area contributed by atoms with Gasteiger partial charge < -0.3 is 10.4 Å². The predicted octanol–water partition coefficient (Wildman–Crippen LogP) is 6.83. The number of hydrogen-bond donors (Lipinski definition) is 3. The van der Waals surface area contributed by atoms with Crippen LogP contribution in [0.15, 0.2) is 42.5 Å². The lowest BCUT2D eigenvalue weighted by molar-refractivity contribution is -0.142. The van der Waals surface area contributed by atoms with E-state index < -0.39 is 99.5 Å². The van der Waals surface area contributed by atoms with Crippen LogP contribution in [0.1, 0.15) is 59.2 Å². The Hall–Kier alpha value is -5.33. The van der Waals surface area contributed by atoms with Crippen LogP contribution in [0.25, 0.3) is 22.0 Å². The zero-order valence-corrected chi connectivity index (χ0v) is 32.1. The summed E-state index contributed by atoms with van der Waals surface area (Å²) in [6.45, 7) is -0.444. The molecule has 1 fully saturated rings. The summed E-state index contributed by atoms with van der Waals surface area (Å²) in [5, 5.41) is 20.3. The van der Waals surface area contributed by atoms with Crippen molar-refractivity contribution in [3.05, 3.63) is 93.0 Å². The van der Waals surface area contributed by atoms with Crippen molar-refractivity contribution < 1.29 is 57.8 Å². The monoisotopic (exact) mass is 873 g/mol. The number of fused-ring (bicyclic) bond motifs is 4. The molecule has 2 aliphatic carbocycles. The van der Waals surface area contributed by atoms with Crippen LogP contribution >= 0.6 is 11.6 Å². The Bertz CT molecular complexity index is 2700. The number of nitrogens with one attached hydrogen (secondary N) is 2. The molecule has 4 atom stereocenters. The molecule has 0 radical (unpaired) electrons. The first-order chi connectivity index (χ1) is 27.4. The van der Waals surface area contributed by atoms with Crippen molar-refractivity contribution in [2.24, 2.45) is 13.0 Å². The summed E-state index contributed by atoms with van der Waals surface area (Å²) in [5.41, 5.74) is -6.34. The number of aromatic nitrogens is 5. The summed E-state index contributed by atoms with van der Waals surface area (Å²) in [4.78, 5) is 18.4. The highest BCUT2D eigenvalue weighted by molar-refractivity contribution is 7.92. The molecule has 0 saturated heterocycles. The molecule has 312 valence electrons. The second-order valence-electron chi connectivity index (χ2n) is 14.4. The Morgan fingerprint density at radius 3 is 2.37 bits per heavy atom. The first-order valence-electron chi connectivity index (χ1n) is 17.3. The van der Waals surface area contributed by atoms with E-state index in [0.717, 1.165) is 25.3 Å². The molecule has 3 heterocycles. The summed E-state index contributed by atoms with van der Waals surface area (Å²) in [5.74, 6) is -5.41. The highest BCUT2D eigenvalue weighted by Gasteiger charge is 2.68. The third kappa shape index (κ3) is 8.04. The van der Waals surface area contributed by atoms with Gasteiger partial charge in [-0.1, -0.05) is 23.6 Å². The van der Waals surface area contributed by atoms with Crippen molar-refractivity contribution in [1.82, 2.24) is 29.9 Å². The van der Waals surface area contributed by atoms with Gasteiger partial charge in [0.15, 0.2) is 17.1 Å². The molecule has 11 nitrogen and oxygen atoms in total. The number of aliphatic hydroxyl groups is 1. The van der Waals surface area contributed by atoms with Crippen LogP contribution < -0.4 is 10.0 Å². The third-order valence-electron chi connectivity index (χ3n) is 9.82. The van der Waals surface area contributed by atoms with Crippen molar-refractivity contribution >= 4 is 44.3 Å². The number of rotatable bonds is 10. The number of halogens is 10. The fourth-order valence-corrected chi connectivity index (χ4v) is 8.01. The lowest BCUT2D eigenvalue weighted by Crippen LogP contribution is -2.35. The van der Waals surface area contributed by atoms with Crippen LogP contribution in [0.3, 0.4) is 0 Å². The number of hydrogen-bond acceptors (Lipinski definition) is 7. The van der Waals surface area contributed by atoms with Gasteiger partial charge in [0.1, 0.15) is 29.6 Å². The normalized spacial score (nSPS) is 18.5. The van der Waals surface area contributed by atoms with Gasteiger partial charge in [-0.15, -0.1) is 0 Å². The van der Waals surface area contributed by atoms with Crippen molar-refractivity contribution in [2.75, 3.05) is 11.0 Å². The number of pyridine rings is 1. The first kappa shape index (κ1) is 41.8. The fourth-order valence-electron chi connectivity index (χ4n) is 7.27. The minimum absolute atomic E-state index is 0.0220. The van der Waals surface area contributed by atoms with Gasteiger partial charge in [-0.2, -0.15) is 32.1 Å². The topological polar surface area (TPSA) is 144 Å². The summed E-state index contributed by atoms with van der Waals surface area (Å²) in [6.07, 6.45) is -8.32. The van der Waals surface area contributed by atoms with Gasteiger partial charge in [0.05, 0.1) is 33.9 Å². The average molecular weight is 874 g/mol. The van der Waals surface area contributed by atoms with Crippen molar-refractivity contribution in [3.8, 4) is 23.0 Å². The minimum atomic E-state index is -5.13. The Morgan fingerprint density at radius 2 is 1.75 bits per heavy atom. The largest absolute Gasteiger partial charge is 0.435 e. The van der Waals surface area contributed by atoms with E-state index in [1.165, 1.54) is 36.0 Å². The average Bonchev–Trinajstić information content (AvgIpc) is 3.65. The van der Waals surface area contributed by atoms with Gasteiger partial charge >= 0.3 is 6.18 Å². The lowest BCUT2D eigenvalue weighted by Gasteiger charge is -2.23. The van der Waals surface area contributed by atoms with Crippen LogP contribution in [-0.2, 0) is 46.9 Å². The summed E-state index contributed by atoms with van der Waals surface area (Å²) in [6, 6.07) is 6.20. The number of sulfonamides is 1. The van der Waals surface area contributed by atoms with Gasteiger partial charge in [0, 0.05) is 35.7 Å². The number of carbonyl (C=O) groups excluding carboxylic acids is 1. The molecule has 2 aliphatic rings. The number of aryl methyl sites for hydroxylation is 1. The number of nitrogens with zero attached hydrogens (tertiary/aromatic N) is 5. The maximum absolute atomic E-state index is 15.4. The van der Waals surface area contributed by atoms with E-state index in [4.69, 9.17) is 11.6 Å². The Balaban J connectivity index is 1.40. The van der Waals surface area contributed by atoms with Crippen molar-refractivity contribution in [2.45, 2.75) is 62.4 Å². The van der Waals surface area contributed by atoms with E-state index in [9.17, 15) is 49.1 Å². The van der Waals surface area contributed by atoms with Gasteiger partial charge in [0.2, 0.25) is 15.9 Å². The van der Waals surface area contributed by atoms with Crippen LogP contribution in [0.4, 0.5) is 45.3 Å². The fraction of sp³-hybridized carbons (Fsp3) is 0.351. The van der Waals surface area contributed by atoms with Crippen LogP contribution in [0.2, 0.25) is 5.02 Å². The zero-order chi connectivity index (χ0) is 43.1. The number of anilines is 1. The number of carbonyl (C=O) groups is 1. The number of benzene rings is 2. The molecule has 22 heteroatoms. The molecular weight excluding hydrogens is 845 g/mol.